The molecule has 0 bridgehead atoms. The largest absolute Gasteiger partial charge is 0.396 e. The van der Waals surface area contributed by atoms with Crippen molar-refractivity contribution >= 4 is 0 Å². The van der Waals surface area contributed by atoms with E-state index in [1.54, 1.807) is 4.68 Å². The summed E-state index contributed by atoms with van der Waals surface area (Å²) in [4.78, 5) is 0. The van der Waals surface area contributed by atoms with Crippen molar-refractivity contribution in [1.82, 2.24) is 24.8 Å². The maximum absolute atomic E-state index is 8.76. The first-order chi connectivity index (χ1) is 8.69. The number of rotatable bonds is 6. The van der Waals surface area contributed by atoms with Crippen LogP contribution >= 0.6 is 0 Å². The molecule has 0 saturated heterocycles. The van der Waals surface area contributed by atoms with Crippen LogP contribution in [0.15, 0.2) is 18.5 Å². The van der Waals surface area contributed by atoms with E-state index in [1.807, 2.05) is 23.1 Å². The monoisotopic (exact) mass is 249 g/mol. The van der Waals surface area contributed by atoms with E-state index in [4.69, 9.17) is 5.11 Å². The molecule has 0 spiro atoms. The van der Waals surface area contributed by atoms with Crippen LogP contribution in [0.25, 0.3) is 0 Å². The molecule has 1 N–H and O–H groups in total. The van der Waals surface area contributed by atoms with E-state index in [0.29, 0.717) is 12.6 Å². The predicted octanol–water partition coefficient (Wildman–Crippen LogP) is 1.03. The van der Waals surface area contributed by atoms with Gasteiger partial charge in [0.2, 0.25) is 0 Å². The number of aliphatic hydroxyl groups is 1. The standard InChI is InChI=1S/C12H19N5O/c1-10(2)17-6-5-12(14-17)9-16-8-11(13-15-16)4-3-7-18/h5-6,8,10,18H,3-4,7,9H2,1-2H3. The highest BCUT2D eigenvalue weighted by Gasteiger charge is 2.05. The Morgan fingerprint density at radius 3 is 2.83 bits per heavy atom. The molecular formula is C12H19N5O. The number of aliphatic hydroxyl groups excluding tert-OH is 1. The number of nitrogens with zero attached hydrogens (tertiary/aromatic N) is 5. The highest BCUT2D eigenvalue weighted by atomic mass is 16.2. The van der Waals surface area contributed by atoms with Crippen LogP contribution in [0.1, 0.15) is 37.7 Å². The van der Waals surface area contributed by atoms with E-state index >= 15 is 0 Å². The highest BCUT2D eigenvalue weighted by molar-refractivity contribution is 5.01. The topological polar surface area (TPSA) is 68.8 Å². The molecule has 0 radical (unpaired) electrons. The van der Waals surface area contributed by atoms with Crippen LogP contribution in [0, 0.1) is 0 Å². The van der Waals surface area contributed by atoms with Crippen molar-refractivity contribution in [3.63, 3.8) is 0 Å². The minimum atomic E-state index is 0.186. The van der Waals surface area contributed by atoms with E-state index in [9.17, 15) is 0 Å². The van der Waals surface area contributed by atoms with E-state index < -0.39 is 0 Å². The normalized spacial score (nSPS) is 11.3. The number of aromatic nitrogens is 5. The van der Waals surface area contributed by atoms with Gasteiger partial charge in [-0.2, -0.15) is 5.10 Å². The van der Waals surface area contributed by atoms with E-state index in [1.165, 1.54) is 0 Å². The molecular weight excluding hydrogens is 230 g/mol. The molecule has 0 atom stereocenters. The van der Waals surface area contributed by atoms with Crippen molar-refractivity contribution in [1.29, 1.82) is 0 Å². The second-order valence-corrected chi connectivity index (χ2v) is 4.62. The molecule has 6 nitrogen and oxygen atoms in total. The average molecular weight is 249 g/mol. The molecule has 0 saturated carbocycles. The highest BCUT2D eigenvalue weighted by Crippen LogP contribution is 2.06. The number of hydrogen-bond donors (Lipinski definition) is 1. The first-order valence-electron chi connectivity index (χ1n) is 6.23. The van der Waals surface area contributed by atoms with Gasteiger partial charge >= 0.3 is 0 Å². The molecule has 2 aromatic heterocycles. The first-order valence-corrected chi connectivity index (χ1v) is 6.23. The summed E-state index contributed by atoms with van der Waals surface area (Å²) in [6.07, 6.45) is 5.37. The fraction of sp³-hybridized carbons (Fsp3) is 0.583. The van der Waals surface area contributed by atoms with Crippen LogP contribution in [0.3, 0.4) is 0 Å². The average Bonchev–Trinajstić information content (AvgIpc) is 2.96. The Bertz CT molecular complexity index is 488. The zero-order valence-corrected chi connectivity index (χ0v) is 10.8. The molecule has 0 amide bonds. The molecule has 0 aliphatic carbocycles. The van der Waals surface area contributed by atoms with Crippen LogP contribution in [-0.4, -0.2) is 36.5 Å². The second kappa shape index (κ2) is 5.77. The van der Waals surface area contributed by atoms with Crippen LogP contribution in [0.4, 0.5) is 0 Å². The SMILES string of the molecule is CC(C)n1ccc(Cn2cc(CCCO)nn2)n1. The van der Waals surface area contributed by atoms with Crippen LogP contribution < -0.4 is 0 Å². The molecule has 2 aromatic rings. The summed E-state index contributed by atoms with van der Waals surface area (Å²) in [6.45, 7) is 5.01. The van der Waals surface area contributed by atoms with E-state index in [0.717, 1.165) is 24.2 Å². The molecule has 0 aromatic carbocycles. The van der Waals surface area contributed by atoms with Crippen molar-refractivity contribution in [3.05, 3.63) is 29.8 Å². The molecule has 2 rings (SSSR count). The lowest BCUT2D eigenvalue weighted by Crippen LogP contribution is -2.05. The number of hydrogen-bond acceptors (Lipinski definition) is 4. The van der Waals surface area contributed by atoms with Gasteiger partial charge in [-0.05, 0) is 32.8 Å². The minimum absolute atomic E-state index is 0.186. The van der Waals surface area contributed by atoms with Gasteiger partial charge in [0.1, 0.15) is 0 Å². The molecule has 98 valence electrons. The Hall–Kier alpha value is -1.69. The number of aryl methyl sites for hydroxylation is 1. The van der Waals surface area contributed by atoms with Crippen molar-refractivity contribution < 1.29 is 5.11 Å². The Morgan fingerprint density at radius 1 is 1.33 bits per heavy atom. The van der Waals surface area contributed by atoms with E-state index in [-0.39, 0.29) is 6.61 Å². The molecule has 0 fully saturated rings. The molecule has 2 heterocycles. The van der Waals surface area contributed by atoms with Gasteiger partial charge < -0.3 is 5.11 Å². The summed E-state index contributed by atoms with van der Waals surface area (Å²) in [5, 5.41) is 21.3. The van der Waals surface area contributed by atoms with Gasteiger partial charge in [0.25, 0.3) is 0 Å². The third-order valence-electron chi connectivity index (χ3n) is 2.69. The quantitative estimate of drug-likeness (QED) is 0.830. The van der Waals surface area contributed by atoms with Gasteiger partial charge in [-0.15, -0.1) is 5.10 Å². The minimum Gasteiger partial charge on any atom is -0.396 e. The Morgan fingerprint density at radius 2 is 2.17 bits per heavy atom. The van der Waals surface area contributed by atoms with Crippen molar-refractivity contribution in [3.8, 4) is 0 Å². The molecule has 18 heavy (non-hydrogen) atoms. The summed E-state index contributed by atoms with van der Waals surface area (Å²) in [7, 11) is 0. The van der Waals surface area contributed by atoms with Crippen LogP contribution in [0.2, 0.25) is 0 Å². The van der Waals surface area contributed by atoms with Crippen LogP contribution in [0.5, 0.6) is 0 Å². The van der Waals surface area contributed by atoms with Gasteiger partial charge in [-0.1, -0.05) is 5.21 Å². The molecule has 0 aliphatic rings. The van der Waals surface area contributed by atoms with Crippen LogP contribution in [-0.2, 0) is 13.0 Å². The summed E-state index contributed by atoms with van der Waals surface area (Å²) in [5.41, 5.74) is 1.88. The van der Waals surface area contributed by atoms with Crippen molar-refractivity contribution in [2.24, 2.45) is 0 Å². The zero-order chi connectivity index (χ0) is 13.0. The predicted molar refractivity (Wildman–Crippen MR) is 67.1 cm³/mol. The second-order valence-electron chi connectivity index (χ2n) is 4.62. The summed E-state index contributed by atoms with van der Waals surface area (Å²) < 4.78 is 3.71. The maximum atomic E-state index is 8.76. The Balaban J connectivity index is 1.97. The Labute approximate surface area is 106 Å². The fourth-order valence-electron chi connectivity index (χ4n) is 1.71. The van der Waals surface area contributed by atoms with Gasteiger partial charge in [0, 0.05) is 25.0 Å². The third-order valence-corrected chi connectivity index (χ3v) is 2.69. The van der Waals surface area contributed by atoms with Crippen molar-refractivity contribution in [2.45, 2.75) is 39.3 Å². The Kier molecular flexibility index (Phi) is 4.09. The first kappa shape index (κ1) is 12.8. The zero-order valence-electron chi connectivity index (χ0n) is 10.8. The lowest BCUT2D eigenvalue weighted by atomic mass is 10.3. The molecule has 0 aliphatic heterocycles. The summed E-state index contributed by atoms with van der Waals surface area (Å²) in [5.74, 6) is 0. The third kappa shape index (κ3) is 3.16. The lowest BCUT2D eigenvalue weighted by molar-refractivity contribution is 0.288. The summed E-state index contributed by atoms with van der Waals surface area (Å²) in [6, 6.07) is 2.37. The van der Waals surface area contributed by atoms with Gasteiger partial charge in [0.15, 0.2) is 0 Å². The van der Waals surface area contributed by atoms with Gasteiger partial charge in [-0.3, -0.25) is 4.68 Å². The lowest BCUT2D eigenvalue weighted by Gasteiger charge is -2.03. The smallest absolute Gasteiger partial charge is 0.0867 e. The summed E-state index contributed by atoms with van der Waals surface area (Å²) >= 11 is 0. The fourth-order valence-corrected chi connectivity index (χ4v) is 1.71. The van der Waals surface area contributed by atoms with Gasteiger partial charge in [0.05, 0.1) is 17.9 Å². The molecule has 0 unspecified atom stereocenters. The van der Waals surface area contributed by atoms with E-state index in [2.05, 4.69) is 29.3 Å². The molecule has 6 heteroatoms. The van der Waals surface area contributed by atoms with Crippen molar-refractivity contribution in [2.75, 3.05) is 6.61 Å². The van der Waals surface area contributed by atoms with Gasteiger partial charge in [-0.25, -0.2) is 4.68 Å². The maximum Gasteiger partial charge on any atom is 0.0867 e.